The lowest BCUT2D eigenvalue weighted by molar-refractivity contribution is -0.384. The van der Waals surface area contributed by atoms with Gasteiger partial charge in [-0.1, -0.05) is 79.3 Å². The molecule has 0 radical (unpaired) electrons. The fourth-order valence-electron chi connectivity index (χ4n) is 4.77. The number of thiazole rings is 1. The van der Waals surface area contributed by atoms with Crippen LogP contribution in [0, 0.1) is 17.0 Å². The quantitative estimate of drug-likeness (QED) is 0.115. The van der Waals surface area contributed by atoms with Gasteiger partial charge >= 0.3 is 5.91 Å². The van der Waals surface area contributed by atoms with E-state index < -0.39 is 32.5 Å². The maximum Gasteiger partial charge on any atom is 0.301 e. The fourth-order valence-corrected chi connectivity index (χ4v) is 7.32. The Hall–Kier alpha value is -4.72. The number of benzene rings is 3. The second-order valence-corrected chi connectivity index (χ2v) is 13.4. The molecule has 2 heterocycles. The van der Waals surface area contributed by atoms with Gasteiger partial charge in [0.1, 0.15) is 4.21 Å². The number of nitro benzene ring substituents is 1. The zero-order valence-electron chi connectivity index (χ0n) is 23.2. The molecular weight excluding hydrogens is 592 g/mol. The topological polar surface area (TPSA) is 160 Å². The summed E-state index contributed by atoms with van der Waals surface area (Å²) in [6.45, 7) is 5.95. The maximum atomic E-state index is 13.6. The second-order valence-electron chi connectivity index (χ2n) is 10.2. The number of nitro groups is 1. The number of amides is 1. The van der Waals surface area contributed by atoms with Crippen LogP contribution in [0.15, 0.2) is 93.7 Å². The molecule has 43 heavy (non-hydrogen) atoms. The number of hydrogen-bond donors (Lipinski definition) is 2. The van der Waals surface area contributed by atoms with Crippen LogP contribution in [0.25, 0.3) is 5.70 Å². The van der Waals surface area contributed by atoms with Crippen molar-refractivity contribution in [3.63, 3.8) is 0 Å². The molecule has 1 atom stereocenters. The molecule has 0 aliphatic carbocycles. The summed E-state index contributed by atoms with van der Waals surface area (Å²) in [5.74, 6) is -1.60. The minimum Gasteiger partial charge on any atom is -0.291 e. The van der Waals surface area contributed by atoms with E-state index in [1.165, 1.54) is 0 Å². The Morgan fingerprint density at radius 1 is 1.02 bits per heavy atom. The van der Waals surface area contributed by atoms with Crippen molar-refractivity contribution in [2.45, 2.75) is 41.8 Å². The van der Waals surface area contributed by atoms with E-state index in [1.807, 2.05) is 32.9 Å². The number of hydroxylamine groups is 1. The number of non-ortho nitro benzene ring substituents is 1. The van der Waals surface area contributed by atoms with E-state index in [4.69, 9.17) is 0 Å². The van der Waals surface area contributed by atoms with Crippen LogP contribution < -0.4 is 10.4 Å². The van der Waals surface area contributed by atoms with E-state index >= 15 is 0 Å². The predicted octanol–water partition coefficient (Wildman–Crippen LogP) is 5.36. The first-order valence-corrected chi connectivity index (χ1v) is 15.4. The Labute approximate surface area is 251 Å². The molecule has 13 heteroatoms. The SMILES string of the molecule is Cc1ccc(/C(NO)=C2\C(=O)C(=O)N(c3ncc(S(=O)(=O)c4ccc([N+](=O)[O-])cc4)s3)C2c2ccc(C(C)C)cc2)cc1. The number of hydrogen-bond acceptors (Lipinski definition) is 10. The summed E-state index contributed by atoms with van der Waals surface area (Å²) >= 11 is 0.688. The Kier molecular flexibility index (Phi) is 7.97. The molecule has 4 aromatic rings. The number of ketones is 1. The second kappa shape index (κ2) is 11.5. The number of Topliss-reactive ketones (excluding diaryl/α,β-unsaturated/α-hetero) is 1. The lowest BCUT2D eigenvalue weighted by Crippen LogP contribution is -2.29. The van der Waals surface area contributed by atoms with Gasteiger partial charge in [0.2, 0.25) is 9.84 Å². The van der Waals surface area contributed by atoms with Gasteiger partial charge in [-0.2, -0.15) is 0 Å². The average molecular weight is 619 g/mol. The van der Waals surface area contributed by atoms with Crippen molar-refractivity contribution >= 4 is 49.4 Å². The summed E-state index contributed by atoms with van der Waals surface area (Å²) in [7, 11) is -4.15. The van der Waals surface area contributed by atoms with Gasteiger partial charge in [-0.3, -0.25) is 35.3 Å². The van der Waals surface area contributed by atoms with Crippen LogP contribution >= 0.6 is 11.3 Å². The molecule has 11 nitrogen and oxygen atoms in total. The summed E-state index contributed by atoms with van der Waals surface area (Å²) in [6.07, 6.45) is 1.08. The zero-order chi connectivity index (χ0) is 31.1. The van der Waals surface area contributed by atoms with Crippen molar-refractivity contribution in [1.82, 2.24) is 10.5 Å². The molecule has 1 saturated heterocycles. The Bertz CT molecular complexity index is 1860. The summed E-state index contributed by atoms with van der Waals surface area (Å²) in [6, 6.07) is 17.7. The van der Waals surface area contributed by atoms with Crippen LogP contribution in [0.5, 0.6) is 0 Å². The number of aromatic nitrogens is 1. The van der Waals surface area contributed by atoms with Crippen molar-refractivity contribution in [3.8, 4) is 0 Å². The molecule has 0 saturated carbocycles. The summed E-state index contributed by atoms with van der Waals surface area (Å²) in [4.78, 5) is 42.7. The van der Waals surface area contributed by atoms with Gasteiger partial charge in [-0.15, -0.1) is 0 Å². The monoisotopic (exact) mass is 618 g/mol. The van der Waals surface area contributed by atoms with Crippen LogP contribution in [-0.2, 0) is 19.4 Å². The molecule has 0 bridgehead atoms. The average Bonchev–Trinajstić information content (AvgIpc) is 3.58. The highest BCUT2D eigenvalue weighted by atomic mass is 32.2. The predicted molar refractivity (Wildman–Crippen MR) is 159 cm³/mol. The molecule has 1 amide bonds. The highest BCUT2D eigenvalue weighted by molar-refractivity contribution is 7.93. The van der Waals surface area contributed by atoms with Crippen LogP contribution in [0.1, 0.15) is 48.1 Å². The number of nitrogens with zero attached hydrogens (tertiary/aromatic N) is 3. The van der Waals surface area contributed by atoms with Gasteiger partial charge in [0.25, 0.3) is 11.5 Å². The molecule has 1 fully saturated rings. The van der Waals surface area contributed by atoms with E-state index in [0.29, 0.717) is 22.5 Å². The first kappa shape index (κ1) is 29.8. The van der Waals surface area contributed by atoms with Crippen LogP contribution in [0.4, 0.5) is 10.8 Å². The van der Waals surface area contributed by atoms with E-state index in [0.717, 1.165) is 46.5 Å². The van der Waals surface area contributed by atoms with Gasteiger partial charge in [-0.25, -0.2) is 13.4 Å². The normalized spacial score (nSPS) is 16.6. The van der Waals surface area contributed by atoms with Crippen molar-refractivity contribution < 1.29 is 28.1 Å². The number of carbonyl (C=O) groups excluding carboxylic acids is 2. The summed E-state index contributed by atoms with van der Waals surface area (Å²) < 4.78 is 26.5. The molecular formula is C30H26N4O7S2. The Morgan fingerprint density at radius 3 is 2.21 bits per heavy atom. The van der Waals surface area contributed by atoms with Crippen molar-refractivity contribution in [2.75, 3.05) is 4.90 Å². The number of aryl methyl sites for hydroxylation is 1. The van der Waals surface area contributed by atoms with E-state index in [1.54, 1.807) is 36.4 Å². The number of nitrogens with one attached hydrogen (secondary N) is 1. The summed E-state index contributed by atoms with van der Waals surface area (Å²) in [5.41, 5.74) is 4.86. The number of carbonyl (C=O) groups is 2. The van der Waals surface area contributed by atoms with Gasteiger partial charge in [0, 0.05) is 17.7 Å². The van der Waals surface area contributed by atoms with Gasteiger partial charge < -0.3 is 0 Å². The van der Waals surface area contributed by atoms with Crippen LogP contribution in [0.3, 0.4) is 0 Å². The first-order chi connectivity index (χ1) is 20.4. The highest BCUT2D eigenvalue weighted by Gasteiger charge is 2.48. The van der Waals surface area contributed by atoms with E-state index in [9.17, 15) is 33.3 Å². The van der Waals surface area contributed by atoms with Gasteiger partial charge in [-0.05, 0) is 36.1 Å². The minimum atomic E-state index is -4.15. The van der Waals surface area contributed by atoms with Crippen LogP contribution in [0.2, 0.25) is 0 Å². The Balaban J connectivity index is 1.65. The van der Waals surface area contributed by atoms with Crippen molar-refractivity contribution in [3.05, 3.63) is 117 Å². The third kappa shape index (κ3) is 5.45. The van der Waals surface area contributed by atoms with E-state index in [2.05, 4.69) is 10.5 Å². The lowest BCUT2D eigenvalue weighted by atomic mass is 9.92. The molecule has 1 unspecified atom stereocenters. The first-order valence-electron chi connectivity index (χ1n) is 13.1. The van der Waals surface area contributed by atoms with Crippen molar-refractivity contribution in [2.24, 2.45) is 0 Å². The summed E-state index contributed by atoms with van der Waals surface area (Å²) in [5, 5.41) is 21.2. The zero-order valence-corrected chi connectivity index (χ0v) is 24.8. The largest absolute Gasteiger partial charge is 0.301 e. The van der Waals surface area contributed by atoms with Gasteiger partial charge in [0.15, 0.2) is 5.13 Å². The molecule has 1 aromatic heterocycles. The molecule has 1 aliphatic heterocycles. The standard InChI is InChI=1S/C30H26N4O7S2/c1-17(2)19-8-10-21(11-9-19)27-25(26(32-37)20-6-4-18(3)5-7-20)28(35)29(36)33(27)30-31-16-24(42-30)43(40,41)23-14-12-22(13-15-23)34(38)39/h4-17,27,32,37H,1-3H3/b26-25+. The Morgan fingerprint density at radius 2 is 1.65 bits per heavy atom. The maximum absolute atomic E-state index is 13.6. The minimum absolute atomic E-state index is 0.0244. The third-order valence-electron chi connectivity index (χ3n) is 7.13. The molecule has 1 aliphatic rings. The molecule has 5 rings (SSSR count). The number of rotatable bonds is 8. The van der Waals surface area contributed by atoms with Gasteiger partial charge in [0.05, 0.1) is 33.3 Å². The molecule has 3 aromatic carbocycles. The third-order valence-corrected chi connectivity index (χ3v) is 10.4. The van der Waals surface area contributed by atoms with Crippen LogP contribution in [-0.4, -0.2) is 35.2 Å². The molecule has 0 spiro atoms. The molecule has 2 N–H and O–H groups in total. The smallest absolute Gasteiger partial charge is 0.291 e. The fraction of sp³-hybridized carbons (Fsp3) is 0.167. The van der Waals surface area contributed by atoms with E-state index in [-0.39, 0.29) is 37.1 Å². The lowest BCUT2D eigenvalue weighted by Gasteiger charge is -2.24. The number of sulfone groups is 1. The highest BCUT2D eigenvalue weighted by Crippen LogP contribution is 2.44. The van der Waals surface area contributed by atoms with Crippen molar-refractivity contribution in [1.29, 1.82) is 0 Å². The number of anilines is 1. The molecule has 220 valence electrons.